The van der Waals surface area contributed by atoms with E-state index in [2.05, 4.69) is 111 Å². The molecule has 4 aromatic carbocycles. The van der Waals surface area contributed by atoms with E-state index in [1.807, 2.05) is 0 Å². The fourth-order valence-electron chi connectivity index (χ4n) is 6.65. The molecule has 2 aliphatic carbocycles. The molecule has 204 valence electrons. The molecular formula is C36H38Cl2SiZr. The Morgan fingerprint density at radius 3 is 2.27 bits per heavy atom. The first-order chi connectivity index (χ1) is 18.7. The van der Waals surface area contributed by atoms with Crippen LogP contribution >= 0.6 is 0 Å². The van der Waals surface area contributed by atoms with Gasteiger partial charge in [-0.15, -0.1) is 0 Å². The van der Waals surface area contributed by atoms with Crippen LogP contribution in [0.25, 0.3) is 28.3 Å². The van der Waals surface area contributed by atoms with Gasteiger partial charge in [0.25, 0.3) is 0 Å². The molecule has 0 fully saturated rings. The maximum absolute atomic E-state index is 2.61. The molecule has 6 rings (SSSR count). The first-order valence-electron chi connectivity index (χ1n) is 14.5. The summed E-state index contributed by atoms with van der Waals surface area (Å²) in [4.78, 5) is 0. The molecule has 4 heteroatoms. The third-order valence-electron chi connectivity index (χ3n) is 8.32. The van der Waals surface area contributed by atoms with Gasteiger partial charge in [0.2, 0.25) is 0 Å². The van der Waals surface area contributed by atoms with Crippen molar-refractivity contribution in [1.29, 1.82) is 0 Å². The van der Waals surface area contributed by atoms with Gasteiger partial charge in [0.05, 0.1) is 0 Å². The van der Waals surface area contributed by atoms with Crippen LogP contribution in [-0.2, 0) is 28.8 Å². The minimum atomic E-state index is -0.617. The third kappa shape index (κ3) is 6.07. The predicted octanol–water partition coefficient (Wildman–Crippen LogP) is 3.12. The van der Waals surface area contributed by atoms with Gasteiger partial charge in [0.15, 0.2) is 0 Å². The van der Waals surface area contributed by atoms with Crippen molar-refractivity contribution in [2.75, 3.05) is 0 Å². The van der Waals surface area contributed by atoms with E-state index in [1.54, 1.807) is 25.5 Å². The first-order valence-corrected chi connectivity index (χ1v) is 22.9. The van der Waals surface area contributed by atoms with Gasteiger partial charge < -0.3 is 24.8 Å². The molecule has 0 aliphatic heterocycles. The molecule has 40 heavy (non-hydrogen) atoms. The molecule has 0 aromatic heterocycles. The van der Waals surface area contributed by atoms with Crippen molar-refractivity contribution >= 4 is 15.3 Å². The molecule has 0 saturated heterocycles. The maximum atomic E-state index is 2.61. The molecule has 2 aliphatic rings. The van der Waals surface area contributed by atoms with Gasteiger partial charge in [-0.1, -0.05) is 0 Å². The average molecular weight is 661 g/mol. The topological polar surface area (TPSA) is 0 Å². The normalized spacial score (nSPS) is 14.4. The Balaban J connectivity index is 0.00000185. The van der Waals surface area contributed by atoms with Crippen molar-refractivity contribution in [3.63, 3.8) is 0 Å². The molecule has 0 spiro atoms. The number of rotatable bonds is 9. The van der Waals surface area contributed by atoms with E-state index in [4.69, 9.17) is 0 Å². The predicted molar refractivity (Wildman–Crippen MR) is 164 cm³/mol. The molecule has 1 unspecified atom stereocenters. The monoisotopic (exact) mass is 658 g/mol. The molecule has 0 radical (unpaired) electrons. The van der Waals surface area contributed by atoms with E-state index in [0.29, 0.717) is 5.92 Å². The van der Waals surface area contributed by atoms with E-state index >= 15 is 0 Å². The quantitative estimate of drug-likeness (QED) is 0.169. The Hall–Kier alpha value is -1.70. The zero-order valence-corrected chi connectivity index (χ0v) is 28.9. The fraction of sp³-hybridized carbons (Fsp3) is 0.278. The van der Waals surface area contributed by atoms with Gasteiger partial charge in [0.1, 0.15) is 0 Å². The summed E-state index contributed by atoms with van der Waals surface area (Å²) in [5, 5.41) is 0. The van der Waals surface area contributed by atoms with E-state index < -0.39 is 28.3 Å². The van der Waals surface area contributed by atoms with Crippen LogP contribution in [0, 0.1) is 0 Å². The van der Waals surface area contributed by atoms with Gasteiger partial charge in [0, 0.05) is 0 Å². The molecule has 0 nitrogen and oxygen atoms in total. The van der Waals surface area contributed by atoms with Crippen LogP contribution in [0.1, 0.15) is 72.8 Å². The van der Waals surface area contributed by atoms with Gasteiger partial charge in [-0.2, -0.15) is 0 Å². The maximum Gasteiger partial charge on any atom is -1.00 e. The first kappa shape index (κ1) is 31.2. The Labute approximate surface area is 265 Å². The summed E-state index contributed by atoms with van der Waals surface area (Å²) in [5.41, 5.74) is 15.3. The van der Waals surface area contributed by atoms with Crippen LogP contribution in [-0.4, -0.2) is 5.92 Å². The van der Waals surface area contributed by atoms with Crippen LogP contribution in [0.4, 0.5) is 0 Å². The number of allylic oxidation sites excluding steroid dienone is 1. The van der Waals surface area contributed by atoms with Crippen LogP contribution < -0.4 is 28.1 Å². The Morgan fingerprint density at radius 1 is 0.750 bits per heavy atom. The largest absolute Gasteiger partial charge is 1.00 e. The molecule has 4 aromatic rings. The second-order valence-electron chi connectivity index (χ2n) is 11.3. The van der Waals surface area contributed by atoms with Gasteiger partial charge >= 0.3 is 243 Å². The van der Waals surface area contributed by atoms with Crippen LogP contribution in [0.2, 0.25) is 13.1 Å². The minimum absolute atomic E-state index is 0. The van der Waals surface area contributed by atoms with Crippen molar-refractivity contribution in [1.82, 2.24) is 0 Å². The number of benzene rings is 4. The van der Waals surface area contributed by atoms with Gasteiger partial charge in [-0.25, -0.2) is 0 Å². The summed E-state index contributed by atoms with van der Waals surface area (Å²) in [6, 6.07) is 32.3. The Morgan fingerprint density at radius 2 is 1.50 bits per heavy atom. The molecule has 0 heterocycles. The molecule has 0 bridgehead atoms. The smallest absolute Gasteiger partial charge is 1.00 e. The van der Waals surface area contributed by atoms with E-state index in [0.717, 1.165) is 6.42 Å². The summed E-state index contributed by atoms with van der Waals surface area (Å²) in [6.07, 6.45) is 10.2. The number of hydrogen-bond donors (Lipinski definition) is 0. The third-order valence-corrected chi connectivity index (χ3v) is 16.8. The van der Waals surface area contributed by atoms with Gasteiger partial charge in [-0.05, 0) is 0 Å². The van der Waals surface area contributed by atoms with Crippen LogP contribution in [0.3, 0.4) is 0 Å². The average Bonchev–Trinajstić information content (AvgIpc) is 3.49. The molecule has 0 amide bonds. The van der Waals surface area contributed by atoms with Crippen molar-refractivity contribution < 1.29 is 47.2 Å². The summed E-state index contributed by atoms with van der Waals surface area (Å²) >= 11 is -0.581. The van der Waals surface area contributed by atoms with Crippen LogP contribution in [0.15, 0.2) is 90.5 Å². The zero-order chi connectivity index (χ0) is 26.1. The Bertz CT molecular complexity index is 1490. The SMILES string of the molecule is CCCCCCC1=Cc2c(-c3ccccc3)cccc2C1c1[c]([Zr+2][SiH](C)C)ccc2c1Cc1ccccc1-2.[Cl-].[Cl-]. The van der Waals surface area contributed by atoms with Crippen molar-refractivity contribution in [3.8, 4) is 22.3 Å². The number of hydrogen-bond acceptors (Lipinski definition) is 0. The van der Waals surface area contributed by atoms with E-state index in [1.165, 1.54) is 65.5 Å². The second kappa shape index (κ2) is 14.0. The summed E-state index contributed by atoms with van der Waals surface area (Å²) < 4.78 is 1.78. The van der Waals surface area contributed by atoms with Crippen molar-refractivity contribution in [2.24, 2.45) is 0 Å². The van der Waals surface area contributed by atoms with Crippen LogP contribution in [0.5, 0.6) is 0 Å². The summed E-state index contributed by atoms with van der Waals surface area (Å²) in [5.74, 6) is -0.197. The van der Waals surface area contributed by atoms with Crippen molar-refractivity contribution in [2.45, 2.75) is 64.5 Å². The fourth-order valence-corrected chi connectivity index (χ4v) is 14.9. The molecule has 0 N–H and O–H groups in total. The summed E-state index contributed by atoms with van der Waals surface area (Å²) in [6.45, 7) is 7.48. The molecule has 1 atom stereocenters. The zero-order valence-electron chi connectivity index (χ0n) is 23.8. The van der Waals surface area contributed by atoms with Gasteiger partial charge in [-0.3, -0.25) is 0 Å². The molecule has 0 saturated carbocycles. The van der Waals surface area contributed by atoms with Crippen molar-refractivity contribution in [3.05, 3.63) is 118 Å². The number of fused-ring (bicyclic) bond motifs is 4. The second-order valence-corrected chi connectivity index (χ2v) is 25.9. The van der Waals surface area contributed by atoms with E-state index in [9.17, 15) is 0 Å². The van der Waals surface area contributed by atoms with E-state index in [-0.39, 0.29) is 24.8 Å². The minimum Gasteiger partial charge on any atom is -1.00 e. The standard InChI is InChI=1S/C34H31.C2H7Si.2ClH.Zr/c1-2-3-4-6-16-26-23-32-27(24-13-7-5-8-14-24)18-11-20-30(32)34(26)31-21-12-19-29-28-17-10-9-15-25(28)22-33(29)31;1-3-2;;;/h5,7-15,17-20,23,34H,2-4,6,16,22H2,1H3;3H,1-2H3;2*1H;/q;;;;+2/p-2. The molecular weight excluding hydrogens is 623 g/mol. The summed E-state index contributed by atoms with van der Waals surface area (Å²) in [7, 11) is 0. The number of halogens is 2. The number of unbranched alkanes of at least 4 members (excludes halogenated alkanes) is 3. The Kier molecular flexibility index (Phi) is 10.9.